The van der Waals surface area contributed by atoms with E-state index in [0.29, 0.717) is 13.0 Å². The predicted molar refractivity (Wildman–Crippen MR) is 80.7 cm³/mol. The normalized spacial score (nSPS) is 11.8. The van der Waals surface area contributed by atoms with Gasteiger partial charge in [-0.25, -0.2) is 0 Å². The number of furan rings is 1. The zero-order chi connectivity index (χ0) is 14.9. The molecule has 0 saturated carbocycles. The quantitative estimate of drug-likeness (QED) is 0.899. The van der Waals surface area contributed by atoms with Crippen molar-refractivity contribution < 1.29 is 9.21 Å². The molecule has 1 amide bonds. The van der Waals surface area contributed by atoms with Gasteiger partial charge in [0.2, 0.25) is 5.91 Å². The Labute approximate surface area is 119 Å². The van der Waals surface area contributed by atoms with Gasteiger partial charge in [-0.1, -0.05) is 0 Å². The van der Waals surface area contributed by atoms with Crippen LogP contribution in [0.15, 0.2) is 22.8 Å². The minimum atomic E-state index is -0.386. The molecule has 20 heavy (non-hydrogen) atoms. The third-order valence-corrected chi connectivity index (χ3v) is 3.61. The van der Waals surface area contributed by atoms with Gasteiger partial charge < -0.3 is 15.5 Å². The van der Waals surface area contributed by atoms with Crippen LogP contribution in [0.1, 0.15) is 30.5 Å². The molecule has 0 aliphatic carbocycles. The van der Waals surface area contributed by atoms with Crippen molar-refractivity contribution in [2.24, 2.45) is 5.73 Å². The number of nitrogens with two attached hydrogens (primary N) is 1. The zero-order valence-corrected chi connectivity index (χ0v) is 12.5. The molecule has 2 aromatic rings. The van der Waals surface area contributed by atoms with E-state index in [1.54, 1.807) is 6.26 Å². The van der Waals surface area contributed by atoms with Crippen LogP contribution >= 0.6 is 0 Å². The van der Waals surface area contributed by atoms with Crippen molar-refractivity contribution >= 4 is 16.9 Å². The second-order valence-electron chi connectivity index (χ2n) is 6.01. The van der Waals surface area contributed by atoms with E-state index < -0.39 is 0 Å². The molecule has 0 atom stereocenters. The van der Waals surface area contributed by atoms with E-state index >= 15 is 0 Å². The number of carbonyl (C=O) groups is 1. The summed E-state index contributed by atoms with van der Waals surface area (Å²) in [6.45, 7) is 8.33. The smallest absolute Gasteiger partial charge is 0.225 e. The summed E-state index contributed by atoms with van der Waals surface area (Å²) in [5, 5.41) is 3.94. The molecule has 0 radical (unpaired) electrons. The van der Waals surface area contributed by atoms with Crippen LogP contribution < -0.4 is 11.1 Å². The molecule has 1 aromatic heterocycles. The second kappa shape index (κ2) is 5.29. The standard InChI is InChI=1S/C16H22N2O2/c1-10-5-13-12(8-20-14(13)6-11(10)2)7-15(19)18-16(3,4)9-17/h5-6,8H,7,9,17H2,1-4H3,(H,18,19). The molecule has 0 saturated heterocycles. The monoisotopic (exact) mass is 274 g/mol. The third kappa shape index (κ3) is 3.02. The van der Waals surface area contributed by atoms with Gasteiger partial charge in [-0.15, -0.1) is 0 Å². The highest BCUT2D eigenvalue weighted by Crippen LogP contribution is 2.25. The second-order valence-corrected chi connectivity index (χ2v) is 6.01. The fourth-order valence-electron chi connectivity index (χ4n) is 2.12. The molecule has 2 rings (SSSR count). The first-order valence-corrected chi connectivity index (χ1v) is 6.81. The first kappa shape index (κ1) is 14.6. The van der Waals surface area contributed by atoms with E-state index in [2.05, 4.69) is 18.3 Å². The van der Waals surface area contributed by atoms with Crippen LogP contribution in [-0.4, -0.2) is 18.0 Å². The van der Waals surface area contributed by atoms with Gasteiger partial charge >= 0.3 is 0 Å². The Hall–Kier alpha value is -1.81. The topological polar surface area (TPSA) is 68.3 Å². The number of rotatable bonds is 4. The van der Waals surface area contributed by atoms with Gasteiger partial charge in [0.15, 0.2) is 0 Å². The van der Waals surface area contributed by atoms with Crippen LogP contribution in [0.2, 0.25) is 0 Å². The Balaban J connectivity index is 2.22. The lowest BCUT2D eigenvalue weighted by molar-refractivity contribution is -0.121. The number of hydrogen-bond donors (Lipinski definition) is 2. The zero-order valence-electron chi connectivity index (χ0n) is 12.5. The van der Waals surface area contributed by atoms with E-state index in [4.69, 9.17) is 10.2 Å². The molecule has 108 valence electrons. The summed E-state index contributed by atoms with van der Waals surface area (Å²) >= 11 is 0. The minimum Gasteiger partial charge on any atom is -0.464 e. The van der Waals surface area contributed by atoms with Crippen LogP contribution in [0.3, 0.4) is 0 Å². The van der Waals surface area contributed by atoms with Gasteiger partial charge in [0, 0.05) is 23.0 Å². The highest BCUT2D eigenvalue weighted by Gasteiger charge is 2.19. The molecule has 0 aliphatic rings. The molecule has 1 aromatic carbocycles. The number of hydrogen-bond acceptors (Lipinski definition) is 3. The molecular weight excluding hydrogens is 252 g/mol. The molecule has 0 unspecified atom stereocenters. The van der Waals surface area contributed by atoms with Crippen molar-refractivity contribution in [3.05, 3.63) is 35.1 Å². The maximum atomic E-state index is 12.1. The molecular formula is C16H22N2O2. The number of carbonyl (C=O) groups excluding carboxylic acids is 1. The van der Waals surface area contributed by atoms with E-state index in [9.17, 15) is 4.79 Å². The van der Waals surface area contributed by atoms with Crippen molar-refractivity contribution in [3.8, 4) is 0 Å². The van der Waals surface area contributed by atoms with Gasteiger partial charge in [0.25, 0.3) is 0 Å². The fourth-order valence-corrected chi connectivity index (χ4v) is 2.12. The lowest BCUT2D eigenvalue weighted by Crippen LogP contribution is -2.49. The molecule has 4 nitrogen and oxygen atoms in total. The van der Waals surface area contributed by atoms with Crippen LogP contribution in [-0.2, 0) is 11.2 Å². The van der Waals surface area contributed by atoms with Gasteiger partial charge in [0.1, 0.15) is 5.58 Å². The Morgan fingerprint density at radius 2 is 1.95 bits per heavy atom. The maximum Gasteiger partial charge on any atom is 0.225 e. The molecule has 4 heteroatoms. The van der Waals surface area contributed by atoms with E-state index in [1.165, 1.54) is 11.1 Å². The summed E-state index contributed by atoms with van der Waals surface area (Å²) in [5.41, 5.74) is 9.36. The SMILES string of the molecule is Cc1cc2occ(CC(=O)NC(C)(C)CN)c2cc1C. The Kier molecular flexibility index (Phi) is 3.86. The fraction of sp³-hybridized carbons (Fsp3) is 0.438. The number of nitrogens with one attached hydrogen (secondary N) is 1. The predicted octanol–water partition coefficient (Wildman–Crippen LogP) is 2.45. The van der Waals surface area contributed by atoms with E-state index in [1.807, 2.05) is 26.8 Å². The summed E-state index contributed by atoms with van der Waals surface area (Å²) in [6, 6.07) is 4.08. The van der Waals surface area contributed by atoms with Gasteiger partial charge in [0.05, 0.1) is 12.7 Å². The number of fused-ring (bicyclic) bond motifs is 1. The van der Waals surface area contributed by atoms with E-state index in [-0.39, 0.29) is 11.4 Å². The largest absolute Gasteiger partial charge is 0.464 e. The lowest BCUT2D eigenvalue weighted by Gasteiger charge is -2.24. The first-order chi connectivity index (χ1) is 9.32. The Morgan fingerprint density at radius 1 is 1.30 bits per heavy atom. The third-order valence-electron chi connectivity index (χ3n) is 3.61. The van der Waals surface area contributed by atoms with Crippen molar-refractivity contribution in [1.82, 2.24) is 5.32 Å². The number of aryl methyl sites for hydroxylation is 2. The molecule has 0 bridgehead atoms. The van der Waals surface area contributed by atoms with Crippen LogP contribution in [0, 0.1) is 13.8 Å². The lowest BCUT2D eigenvalue weighted by atomic mass is 10.0. The summed E-state index contributed by atoms with van der Waals surface area (Å²) in [4.78, 5) is 12.1. The Morgan fingerprint density at radius 3 is 2.60 bits per heavy atom. The van der Waals surface area contributed by atoms with Crippen molar-refractivity contribution in [1.29, 1.82) is 0 Å². The average Bonchev–Trinajstić information content (AvgIpc) is 2.72. The van der Waals surface area contributed by atoms with Gasteiger partial charge in [-0.3, -0.25) is 4.79 Å². The minimum absolute atomic E-state index is 0.0404. The van der Waals surface area contributed by atoms with E-state index in [0.717, 1.165) is 16.5 Å². The first-order valence-electron chi connectivity index (χ1n) is 6.81. The maximum absolute atomic E-state index is 12.1. The molecule has 0 spiro atoms. The molecule has 0 fully saturated rings. The van der Waals surface area contributed by atoms with Gasteiger partial charge in [-0.2, -0.15) is 0 Å². The number of amides is 1. The van der Waals surface area contributed by atoms with Crippen LogP contribution in [0.5, 0.6) is 0 Å². The van der Waals surface area contributed by atoms with Crippen molar-refractivity contribution in [2.75, 3.05) is 6.54 Å². The average molecular weight is 274 g/mol. The molecule has 0 aliphatic heterocycles. The number of benzene rings is 1. The van der Waals surface area contributed by atoms with Crippen LogP contribution in [0.25, 0.3) is 11.0 Å². The summed E-state index contributed by atoms with van der Waals surface area (Å²) in [5.74, 6) is -0.0404. The Bertz CT molecular complexity index is 641. The van der Waals surface area contributed by atoms with Crippen molar-refractivity contribution in [2.45, 2.75) is 39.7 Å². The summed E-state index contributed by atoms with van der Waals surface area (Å²) in [6.07, 6.45) is 1.97. The molecule has 1 heterocycles. The summed E-state index contributed by atoms with van der Waals surface area (Å²) in [7, 11) is 0. The summed E-state index contributed by atoms with van der Waals surface area (Å²) < 4.78 is 5.54. The van der Waals surface area contributed by atoms with Gasteiger partial charge in [-0.05, 0) is 51.0 Å². The molecule has 3 N–H and O–H groups in total. The highest BCUT2D eigenvalue weighted by atomic mass is 16.3. The highest BCUT2D eigenvalue weighted by molar-refractivity contribution is 5.88. The van der Waals surface area contributed by atoms with Crippen LogP contribution in [0.4, 0.5) is 0 Å². The van der Waals surface area contributed by atoms with Crippen molar-refractivity contribution in [3.63, 3.8) is 0 Å².